The Morgan fingerprint density at radius 1 is 1.47 bits per heavy atom. The van der Waals surface area contributed by atoms with E-state index >= 15 is 0 Å². The van der Waals surface area contributed by atoms with Crippen molar-refractivity contribution in [1.29, 1.82) is 0 Å². The number of nitrogens with one attached hydrogen (secondary N) is 2. The fourth-order valence-corrected chi connectivity index (χ4v) is 1.27. The summed E-state index contributed by atoms with van der Waals surface area (Å²) in [7, 11) is 0. The molecule has 0 aromatic rings. The molecular formula is C9H15F3N2O. The summed E-state index contributed by atoms with van der Waals surface area (Å²) in [6.07, 6.45) is -2.72. The highest BCUT2D eigenvalue weighted by Crippen LogP contribution is 2.27. The van der Waals surface area contributed by atoms with Crippen molar-refractivity contribution in [2.24, 2.45) is 0 Å². The van der Waals surface area contributed by atoms with Gasteiger partial charge in [-0.2, -0.15) is 13.2 Å². The molecule has 0 bridgehead atoms. The molecule has 2 N–H and O–H groups in total. The van der Waals surface area contributed by atoms with Gasteiger partial charge in [-0.05, 0) is 19.3 Å². The molecule has 15 heavy (non-hydrogen) atoms. The Kier molecular flexibility index (Phi) is 3.96. The lowest BCUT2D eigenvalue weighted by Crippen LogP contribution is -2.45. The van der Waals surface area contributed by atoms with E-state index in [1.54, 1.807) is 0 Å². The zero-order valence-electron chi connectivity index (χ0n) is 8.53. The average molecular weight is 224 g/mol. The quantitative estimate of drug-likeness (QED) is 0.736. The van der Waals surface area contributed by atoms with E-state index in [0.29, 0.717) is 0 Å². The van der Waals surface area contributed by atoms with Gasteiger partial charge in [0.2, 0.25) is 5.91 Å². The van der Waals surface area contributed by atoms with Crippen molar-refractivity contribution in [3.8, 4) is 0 Å². The lowest BCUT2D eigenvalue weighted by atomic mass is 10.2. The number of amides is 1. The predicted molar refractivity (Wildman–Crippen MR) is 49.3 cm³/mol. The lowest BCUT2D eigenvalue weighted by molar-refractivity contribution is -0.157. The van der Waals surface area contributed by atoms with Gasteiger partial charge in [-0.1, -0.05) is 0 Å². The maximum absolute atomic E-state index is 12.5. The van der Waals surface area contributed by atoms with Gasteiger partial charge in [-0.3, -0.25) is 4.79 Å². The number of carbonyl (C=O) groups excluding carboxylic acids is 1. The second-order valence-electron chi connectivity index (χ2n) is 3.81. The van der Waals surface area contributed by atoms with Crippen LogP contribution in [0.5, 0.6) is 0 Å². The van der Waals surface area contributed by atoms with Crippen molar-refractivity contribution >= 4 is 5.91 Å². The first kappa shape index (κ1) is 12.3. The summed E-state index contributed by atoms with van der Waals surface area (Å²) in [5, 5.41) is 4.89. The molecule has 88 valence electrons. The molecule has 1 aliphatic rings. The van der Waals surface area contributed by atoms with Crippen LogP contribution in [-0.4, -0.2) is 30.7 Å². The number of hydrogen-bond acceptors (Lipinski definition) is 2. The highest BCUT2D eigenvalue weighted by Gasteiger charge is 2.41. The molecule has 1 atom stereocenters. The second-order valence-corrected chi connectivity index (χ2v) is 3.81. The molecule has 0 aromatic carbocycles. The summed E-state index contributed by atoms with van der Waals surface area (Å²) >= 11 is 0. The van der Waals surface area contributed by atoms with Gasteiger partial charge in [0.05, 0.1) is 0 Å². The van der Waals surface area contributed by atoms with Gasteiger partial charge >= 0.3 is 6.18 Å². The Morgan fingerprint density at radius 3 is 2.47 bits per heavy atom. The minimum Gasteiger partial charge on any atom is -0.356 e. The van der Waals surface area contributed by atoms with E-state index in [1.807, 2.05) is 0 Å². The van der Waals surface area contributed by atoms with Crippen LogP contribution in [0.1, 0.15) is 26.2 Å². The van der Waals surface area contributed by atoms with E-state index in [0.717, 1.165) is 12.8 Å². The Bertz CT molecular complexity index is 226. The van der Waals surface area contributed by atoms with Crippen LogP contribution in [-0.2, 0) is 4.79 Å². The number of carbonyl (C=O) groups is 1. The van der Waals surface area contributed by atoms with Crippen LogP contribution in [0.15, 0.2) is 0 Å². The first-order valence-electron chi connectivity index (χ1n) is 4.97. The summed E-state index contributed by atoms with van der Waals surface area (Å²) in [6.45, 7) is 1.34. The molecule has 0 radical (unpaired) electrons. The van der Waals surface area contributed by atoms with Crippen LogP contribution in [0.4, 0.5) is 13.2 Å². The number of alkyl halides is 3. The molecule has 1 unspecified atom stereocenters. The Labute approximate surface area is 86.4 Å². The zero-order valence-corrected chi connectivity index (χ0v) is 8.53. The number of rotatable bonds is 5. The van der Waals surface area contributed by atoms with E-state index in [4.69, 9.17) is 0 Å². The van der Waals surface area contributed by atoms with E-state index in [9.17, 15) is 18.0 Å². The first-order valence-corrected chi connectivity index (χ1v) is 4.97. The summed E-state index contributed by atoms with van der Waals surface area (Å²) in [5.41, 5.74) is 0. The summed E-state index contributed by atoms with van der Waals surface area (Å²) in [4.78, 5) is 10.5. The van der Waals surface area contributed by atoms with Crippen molar-refractivity contribution in [2.75, 3.05) is 6.54 Å². The van der Waals surface area contributed by atoms with E-state index in [1.165, 1.54) is 6.92 Å². The molecule has 0 spiro atoms. The largest absolute Gasteiger partial charge is 0.403 e. The van der Waals surface area contributed by atoms with Crippen LogP contribution in [0.3, 0.4) is 0 Å². The highest BCUT2D eigenvalue weighted by atomic mass is 19.4. The van der Waals surface area contributed by atoms with Crippen molar-refractivity contribution < 1.29 is 18.0 Å². The third-order valence-electron chi connectivity index (χ3n) is 2.22. The molecule has 1 amide bonds. The third-order valence-corrected chi connectivity index (χ3v) is 2.22. The molecule has 1 fully saturated rings. The fourth-order valence-electron chi connectivity index (χ4n) is 1.27. The van der Waals surface area contributed by atoms with Crippen molar-refractivity contribution in [1.82, 2.24) is 10.6 Å². The maximum atomic E-state index is 12.5. The minimum absolute atomic E-state index is 0.00829. The Morgan fingerprint density at radius 2 is 2.07 bits per heavy atom. The SMILES string of the molecule is CC(=O)NCCC(NC1CC1)C(F)(F)F. The molecule has 6 heteroatoms. The molecule has 0 aliphatic heterocycles. The molecule has 0 heterocycles. The first-order chi connectivity index (χ1) is 6.89. The fraction of sp³-hybridized carbons (Fsp3) is 0.889. The molecule has 1 rings (SSSR count). The molecule has 0 aromatic heterocycles. The van der Waals surface area contributed by atoms with Gasteiger partial charge in [0, 0.05) is 19.5 Å². The second kappa shape index (κ2) is 4.83. The molecule has 0 saturated heterocycles. The maximum Gasteiger partial charge on any atom is 0.403 e. The number of hydrogen-bond donors (Lipinski definition) is 2. The van der Waals surface area contributed by atoms with Gasteiger partial charge < -0.3 is 10.6 Å². The van der Waals surface area contributed by atoms with Crippen LogP contribution in [0.2, 0.25) is 0 Å². The van der Waals surface area contributed by atoms with E-state index in [-0.39, 0.29) is 24.9 Å². The van der Waals surface area contributed by atoms with Crippen LogP contribution in [0, 0.1) is 0 Å². The monoisotopic (exact) mass is 224 g/mol. The Hall–Kier alpha value is -0.780. The van der Waals surface area contributed by atoms with E-state index in [2.05, 4.69) is 10.6 Å². The van der Waals surface area contributed by atoms with Gasteiger partial charge in [0.1, 0.15) is 6.04 Å². The standard InChI is InChI=1S/C9H15F3N2O/c1-6(15)13-5-4-8(9(10,11)12)14-7-2-3-7/h7-8,14H,2-5H2,1H3,(H,13,15). The summed E-state index contributed by atoms with van der Waals surface area (Å²) < 4.78 is 37.4. The average Bonchev–Trinajstić information content (AvgIpc) is 2.83. The van der Waals surface area contributed by atoms with Crippen LogP contribution < -0.4 is 10.6 Å². The smallest absolute Gasteiger partial charge is 0.356 e. The van der Waals surface area contributed by atoms with Crippen LogP contribution in [0.25, 0.3) is 0 Å². The normalized spacial score (nSPS) is 18.7. The van der Waals surface area contributed by atoms with E-state index < -0.39 is 12.2 Å². The summed E-state index contributed by atoms with van der Waals surface area (Å²) in [6, 6.07) is -1.49. The lowest BCUT2D eigenvalue weighted by Gasteiger charge is -2.21. The zero-order chi connectivity index (χ0) is 11.5. The number of halogens is 3. The van der Waals surface area contributed by atoms with Crippen molar-refractivity contribution in [2.45, 2.75) is 44.4 Å². The molecule has 1 saturated carbocycles. The summed E-state index contributed by atoms with van der Waals surface area (Å²) in [5.74, 6) is -0.303. The van der Waals surface area contributed by atoms with Gasteiger partial charge in [0.15, 0.2) is 0 Å². The van der Waals surface area contributed by atoms with Gasteiger partial charge in [0.25, 0.3) is 0 Å². The van der Waals surface area contributed by atoms with Crippen molar-refractivity contribution in [3.05, 3.63) is 0 Å². The highest BCUT2D eigenvalue weighted by molar-refractivity contribution is 5.72. The topological polar surface area (TPSA) is 41.1 Å². The third kappa shape index (κ3) is 5.01. The molecular weight excluding hydrogens is 209 g/mol. The van der Waals surface area contributed by atoms with Gasteiger partial charge in [-0.15, -0.1) is 0 Å². The van der Waals surface area contributed by atoms with Gasteiger partial charge in [-0.25, -0.2) is 0 Å². The minimum atomic E-state index is -4.24. The predicted octanol–water partition coefficient (Wildman–Crippen LogP) is 1.20. The Balaban J connectivity index is 2.31. The molecule has 1 aliphatic carbocycles. The molecule has 3 nitrogen and oxygen atoms in total. The van der Waals surface area contributed by atoms with Crippen LogP contribution >= 0.6 is 0 Å². The van der Waals surface area contributed by atoms with Crippen molar-refractivity contribution in [3.63, 3.8) is 0 Å².